The van der Waals surface area contributed by atoms with Crippen LogP contribution in [-0.4, -0.2) is 67.3 Å². The van der Waals surface area contributed by atoms with Gasteiger partial charge >= 0.3 is 0 Å². The van der Waals surface area contributed by atoms with Crippen molar-refractivity contribution in [2.45, 2.75) is 86.3 Å². The van der Waals surface area contributed by atoms with E-state index in [1.165, 1.54) is 0 Å². The molecule has 4 rings (SSSR count). The first kappa shape index (κ1) is 27.5. The van der Waals surface area contributed by atoms with Crippen LogP contribution in [0.2, 0.25) is 0 Å². The van der Waals surface area contributed by atoms with Crippen LogP contribution in [0.4, 0.5) is 5.69 Å². The highest BCUT2D eigenvalue weighted by Gasteiger charge is 2.76. The van der Waals surface area contributed by atoms with Crippen LogP contribution >= 0.6 is 27.7 Å². The van der Waals surface area contributed by atoms with Gasteiger partial charge in [0.25, 0.3) is 0 Å². The van der Waals surface area contributed by atoms with E-state index in [0.717, 1.165) is 12.8 Å². The topological polar surface area (TPSA) is 98.7 Å². The fraction of sp³-hybridized carbons (Fsp3) is 0.667. The highest BCUT2D eigenvalue weighted by Crippen LogP contribution is 2.68. The van der Waals surface area contributed by atoms with Crippen molar-refractivity contribution in [1.82, 2.24) is 10.2 Å². The monoisotopic (exact) mass is 579 g/mol. The number of carbonyl (C=O) groups is 3. The summed E-state index contributed by atoms with van der Waals surface area (Å²) in [6.07, 6.45) is 3.00. The lowest BCUT2D eigenvalue weighted by Crippen LogP contribution is -2.58. The molecule has 0 aromatic heterocycles. The lowest BCUT2D eigenvalue weighted by atomic mass is 9.70. The minimum Gasteiger partial charge on any atom is -0.394 e. The van der Waals surface area contributed by atoms with E-state index in [1.54, 1.807) is 16.7 Å². The van der Waals surface area contributed by atoms with Gasteiger partial charge in [0.05, 0.1) is 29.2 Å². The smallest absolute Gasteiger partial charge is 0.244 e. The first-order valence-corrected chi connectivity index (χ1v) is 14.8. The van der Waals surface area contributed by atoms with Crippen molar-refractivity contribution >= 4 is 51.1 Å². The number of hydrogen-bond donors (Lipinski definition) is 3. The van der Waals surface area contributed by atoms with Crippen molar-refractivity contribution in [3.63, 3.8) is 0 Å². The summed E-state index contributed by atoms with van der Waals surface area (Å²) in [4.78, 5) is 43.4. The third kappa shape index (κ3) is 4.83. The molecule has 3 heterocycles. The number of rotatable bonds is 10. The lowest BCUT2D eigenvalue weighted by Gasteiger charge is -2.38. The van der Waals surface area contributed by atoms with Crippen molar-refractivity contribution in [1.29, 1.82) is 0 Å². The molecule has 1 aromatic carbocycles. The van der Waals surface area contributed by atoms with Crippen LogP contribution in [-0.2, 0) is 14.4 Å². The number of fused-ring (bicyclic) bond motifs is 1. The zero-order valence-electron chi connectivity index (χ0n) is 21.4. The van der Waals surface area contributed by atoms with E-state index in [0.29, 0.717) is 18.5 Å². The SMILES string of the molecule is CCCC(C)NC(=O)C1N([C@@H](CO)CC(C)C)C(=O)[C@@H]2[C@H](C(=O)Nc3ccccc3)[C@H]3SC12CC3Br. The maximum Gasteiger partial charge on any atom is 0.244 e. The Morgan fingerprint density at radius 3 is 2.53 bits per heavy atom. The molecule has 0 radical (unpaired) electrons. The van der Waals surface area contributed by atoms with Crippen molar-refractivity contribution in [3.05, 3.63) is 30.3 Å². The van der Waals surface area contributed by atoms with Crippen molar-refractivity contribution in [3.8, 4) is 0 Å². The second-order valence-corrected chi connectivity index (χ2v) is 13.6. The standard InChI is InChI=1S/C27H38BrN3O4S/c1-5-9-16(4)29-25(34)23-27-13-19(28)22(36-27)20(24(33)30-17-10-7-6-8-11-17)21(27)26(35)31(23)18(14-32)12-15(2)3/h6-8,10-11,15-16,18-23,32H,5,9,12-14H2,1-4H3,(H,29,34)(H,30,33)/t16?,18-,19?,20+,21+,22+,23?,27?/m1/s1. The zero-order chi connectivity index (χ0) is 26.2. The molecule has 3 aliphatic rings. The van der Waals surface area contributed by atoms with Crippen LogP contribution in [0, 0.1) is 17.8 Å². The van der Waals surface area contributed by atoms with Crippen molar-refractivity contribution in [2.24, 2.45) is 17.8 Å². The Morgan fingerprint density at radius 2 is 1.92 bits per heavy atom. The highest BCUT2D eigenvalue weighted by molar-refractivity contribution is 9.09. The molecule has 3 aliphatic heterocycles. The Bertz CT molecular complexity index is 979. The average molecular weight is 581 g/mol. The number of amides is 3. The Labute approximate surface area is 226 Å². The van der Waals surface area contributed by atoms with E-state index >= 15 is 0 Å². The minimum absolute atomic E-state index is 0.0130. The molecular formula is C27H38BrN3O4S. The predicted octanol–water partition coefficient (Wildman–Crippen LogP) is 3.80. The van der Waals surface area contributed by atoms with Gasteiger partial charge in [-0.05, 0) is 44.2 Å². The second kappa shape index (κ2) is 11.0. The third-order valence-electron chi connectivity index (χ3n) is 7.78. The molecule has 198 valence electrons. The Balaban J connectivity index is 1.72. The fourth-order valence-corrected chi connectivity index (χ4v) is 10.1. The number of aliphatic hydroxyl groups excluding tert-OH is 1. The number of benzene rings is 1. The molecule has 3 fully saturated rings. The normalized spacial score (nSPS) is 32.5. The van der Waals surface area contributed by atoms with Crippen molar-refractivity contribution < 1.29 is 19.5 Å². The number of para-hydroxylation sites is 1. The summed E-state index contributed by atoms with van der Waals surface area (Å²) < 4.78 is -0.713. The molecule has 7 nitrogen and oxygen atoms in total. The van der Waals surface area contributed by atoms with E-state index in [2.05, 4.69) is 33.5 Å². The number of nitrogens with one attached hydrogen (secondary N) is 2. The van der Waals surface area contributed by atoms with Gasteiger partial charge in [0.2, 0.25) is 17.7 Å². The van der Waals surface area contributed by atoms with Crippen molar-refractivity contribution in [2.75, 3.05) is 11.9 Å². The molecule has 0 aliphatic carbocycles. The highest BCUT2D eigenvalue weighted by atomic mass is 79.9. The number of hydrogen-bond acceptors (Lipinski definition) is 5. The predicted molar refractivity (Wildman–Crippen MR) is 147 cm³/mol. The number of nitrogens with zero attached hydrogens (tertiary/aromatic N) is 1. The second-order valence-electron chi connectivity index (χ2n) is 10.9. The third-order valence-corrected chi connectivity index (χ3v) is 11.0. The van der Waals surface area contributed by atoms with Crippen LogP contribution in [0.15, 0.2) is 30.3 Å². The van der Waals surface area contributed by atoms with Gasteiger partial charge in [0.1, 0.15) is 6.04 Å². The van der Waals surface area contributed by atoms with Gasteiger partial charge in [0.15, 0.2) is 0 Å². The molecule has 3 N–H and O–H groups in total. The Morgan fingerprint density at radius 1 is 1.22 bits per heavy atom. The number of halogens is 1. The van der Waals surface area contributed by atoms with Crippen LogP contribution in [0.25, 0.3) is 0 Å². The fourth-order valence-electron chi connectivity index (χ4n) is 6.45. The van der Waals surface area contributed by atoms with E-state index in [1.807, 2.05) is 51.1 Å². The summed E-state index contributed by atoms with van der Waals surface area (Å²) in [6.45, 7) is 7.94. The lowest BCUT2D eigenvalue weighted by molar-refractivity contribution is -0.142. The summed E-state index contributed by atoms with van der Waals surface area (Å²) in [5.41, 5.74) is 0.688. The number of anilines is 1. The number of alkyl halides is 1. The maximum absolute atomic E-state index is 14.2. The first-order valence-electron chi connectivity index (χ1n) is 13.1. The molecule has 8 atom stereocenters. The molecule has 4 unspecified atom stereocenters. The summed E-state index contributed by atoms with van der Waals surface area (Å²) in [7, 11) is 0. The largest absolute Gasteiger partial charge is 0.394 e. The number of likely N-dealkylation sites (tertiary alicyclic amines) is 1. The molecule has 36 heavy (non-hydrogen) atoms. The Kier molecular flexibility index (Phi) is 8.42. The molecule has 3 saturated heterocycles. The van der Waals surface area contributed by atoms with E-state index in [4.69, 9.17) is 0 Å². The molecule has 9 heteroatoms. The quantitative estimate of drug-likeness (QED) is 0.366. The van der Waals surface area contributed by atoms with E-state index in [-0.39, 0.29) is 46.4 Å². The average Bonchev–Trinajstić information content (AvgIpc) is 3.41. The van der Waals surface area contributed by atoms with Crippen LogP contribution < -0.4 is 10.6 Å². The van der Waals surface area contributed by atoms with Gasteiger partial charge in [-0.3, -0.25) is 14.4 Å². The van der Waals surface area contributed by atoms with Crippen LogP contribution in [0.3, 0.4) is 0 Å². The zero-order valence-corrected chi connectivity index (χ0v) is 23.8. The molecule has 1 spiro atoms. The number of carbonyl (C=O) groups excluding carboxylic acids is 3. The minimum atomic E-state index is -0.727. The van der Waals surface area contributed by atoms with Gasteiger partial charge in [-0.15, -0.1) is 11.8 Å². The summed E-state index contributed by atoms with van der Waals surface area (Å²) in [5, 5.41) is 16.4. The first-order chi connectivity index (χ1) is 17.1. The number of aliphatic hydroxyl groups is 1. The maximum atomic E-state index is 14.2. The summed E-state index contributed by atoms with van der Waals surface area (Å²) in [6, 6.07) is 8.05. The van der Waals surface area contributed by atoms with Gasteiger partial charge in [0, 0.05) is 21.8 Å². The molecule has 3 amide bonds. The Hall–Kier alpha value is -1.58. The van der Waals surface area contributed by atoms with Gasteiger partial charge < -0.3 is 20.6 Å². The van der Waals surface area contributed by atoms with Gasteiger partial charge in [-0.25, -0.2) is 0 Å². The molecule has 0 saturated carbocycles. The molecule has 2 bridgehead atoms. The van der Waals surface area contributed by atoms with Gasteiger partial charge in [-0.1, -0.05) is 61.3 Å². The van der Waals surface area contributed by atoms with E-state index < -0.39 is 28.7 Å². The molecule has 1 aromatic rings. The molecular weight excluding hydrogens is 542 g/mol. The van der Waals surface area contributed by atoms with Crippen LogP contribution in [0.1, 0.15) is 53.4 Å². The summed E-state index contributed by atoms with van der Waals surface area (Å²) in [5.74, 6) is -1.48. The van der Waals surface area contributed by atoms with Gasteiger partial charge in [-0.2, -0.15) is 0 Å². The van der Waals surface area contributed by atoms with Crippen LogP contribution in [0.5, 0.6) is 0 Å². The summed E-state index contributed by atoms with van der Waals surface area (Å²) >= 11 is 5.42. The van der Waals surface area contributed by atoms with E-state index in [9.17, 15) is 19.5 Å². The number of thioether (sulfide) groups is 1.